The smallest absolute Gasteiger partial charge is 0.137 e. The lowest BCUT2D eigenvalue weighted by atomic mass is 10.0. The van der Waals surface area contributed by atoms with Gasteiger partial charge in [0.25, 0.3) is 0 Å². The maximum Gasteiger partial charge on any atom is 0.137 e. The van der Waals surface area contributed by atoms with Crippen LogP contribution in [0.1, 0.15) is 18.4 Å². The van der Waals surface area contributed by atoms with Crippen LogP contribution in [0.2, 0.25) is 0 Å². The Morgan fingerprint density at radius 3 is 2.90 bits per heavy atom. The van der Waals surface area contributed by atoms with E-state index in [2.05, 4.69) is 11.0 Å². The number of nitrogens with two attached hydrogens (primary N) is 1. The fourth-order valence-electron chi connectivity index (χ4n) is 2.84. The van der Waals surface area contributed by atoms with Crippen LogP contribution in [0.3, 0.4) is 0 Å². The van der Waals surface area contributed by atoms with Crippen molar-refractivity contribution in [2.45, 2.75) is 25.3 Å². The summed E-state index contributed by atoms with van der Waals surface area (Å²) in [6.45, 7) is 3.31. The quantitative estimate of drug-likeness (QED) is 0.930. The topological polar surface area (TPSA) is 51.6 Å². The lowest BCUT2D eigenvalue weighted by Gasteiger charge is -2.29. The van der Waals surface area contributed by atoms with Crippen molar-refractivity contribution in [3.63, 3.8) is 0 Å². The highest BCUT2D eigenvalue weighted by Crippen LogP contribution is 2.26. The van der Waals surface area contributed by atoms with Gasteiger partial charge in [-0.3, -0.25) is 0 Å². The van der Waals surface area contributed by atoms with E-state index in [-0.39, 0.29) is 0 Å². The molecule has 1 aromatic heterocycles. The Balaban J connectivity index is 1.65. The Labute approximate surface area is 119 Å². The van der Waals surface area contributed by atoms with Crippen LogP contribution in [0.5, 0.6) is 5.75 Å². The zero-order valence-electron chi connectivity index (χ0n) is 12.0. The average Bonchev–Trinajstić information content (AvgIpc) is 2.89. The molecule has 4 heteroatoms. The minimum Gasteiger partial charge on any atom is -0.497 e. The molecule has 0 spiro atoms. The Morgan fingerprint density at radius 2 is 2.15 bits per heavy atom. The van der Waals surface area contributed by atoms with Gasteiger partial charge in [-0.1, -0.05) is 0 Å². The molecule has 3 rings (SSSR count). The Hall–Kier alpha value is -1.52. The number of piperidine rings is 1. The van der Waals surface area contributed by atoms with Gasteiger partial charge in [0.15, 0.2) is 0 Å². The van der Waals surface area contributed by atoms with Crippen LogP contribution in [0.15, 0.2) is 28.9 Å². The molecule has 4 nitrogen and oxygen atoms in total. The van der Waals surface area contributed by atoms with Crippen LogP contribution in [0, 0.1) is 0 Å². The van der Waals surface area contributed by atoms with Gasteiger partial charge in [-0.15, -0.1) is 0 Å². The second-order valence-electron chi connectivity index (χ2n) is 5.55. The summed E-state index contributed by atoms with van der Waals surface area (Å²) in [7, 11) is 1.67. The molecule has 1 fully saturated rings. The van der Waals surface area contributed by atoms with Crippen LogP contribution in [0.4, 0.5) is 0 Å². The Kier molecular flexibility index (Phi) is 3.94. The molecule has 1 aliphatic heterocycles. The molecule has 1 aromatic carbocycles. The van der Waals surface area contributed by atoms with Crippen LogP contribution >= 0.6 is 0 Å². The van der Waals surface area contributed by atoms with Crippen molar-refractivity contribution < 1.29 is 9.15 Å². The SMILES string of the molecule is COc1ccc2c(CCN3CCC(N)CC3)coc2c1. The molecule has 2 aromatic rings. The molecule has 2 N–H and O–H groups in total. The highest BCUT2D eigenvalue weighted by Gasteiger charge is 2.16. The van der Waals surface area contributed by atoms with Crippen molar-refractivity contribution in [1.29, 1.82) is 0 Å². The van der Waals surface area contributed by atoms with E-state index in [1.807, 2.05) is 18.4 Å². The normalized spacial score (nSPS) is 17.7. The summed E-state index contributed by atoms with van der Waals surface area (Å²) in [6.07, 6.45) is 5.13. The van der Waals surface area contributed by atoms with Crippen LogP contribution < -0.4 is 10.5 Å². The monoisotopic (exact) mass is 274 g/mol. The summed E-state index contributed by atoms with van der Waals surface area (Å²) in [5.41, 5.74) is 8.11. The number of furan rings is 1. The van der Waals surface area contributed by atoms with Gasteiger partial charge in [-0.25, -0.2) is 0 Å². The third kappa shape index (κ3) is 2.81. The van der Waals surface area contributed by atoms with E-state index in [1.165, 1.54) is 10.9 Å². The van der Waals surface area contributed by atoms with E-state index in [0.29, 0.717) is 6.04 Å². The highest BCUT2D eigenvalue weighted by molar-refractivity contribution is 5.82. The molecule has 0 atom stereocenters. The van der Waals surface area contributed by atoms with Crippen molar-refractivity contribution >= 4 is 11.0 Å². The summed E-state index contributed by atoms with van der Waals surface area (Å²) >= 11 is 0. The molecule has 1 aliphatic rings. The number of benzene rings is 1. The zero-order valence-corrected chi connectivity index (χ0v) is 12.0. The van der Waals surface area contributed by atoms with E-state index in [9.17, 15) is 0 Å². The van der Waals surface area contributed by atoms with Gasteiger partial charge in [0.05, 0.1) is 13.4 Å². The number of likely N-dealkylation sites (tertiary alicyclic amines) is 1. The van der Waals surface area contributed by atoms with E-state index in [1.54, 1.807) is 7.11 Å². The molecular weight excluding hydrogens is 252 g/mol. The number of rotatable bonds is 4. The number of hydrogen-bond acceptors (Lipinski definition) is 4. The summed E-state index contributed by atoms with van der Waals surface area (Å²) in [4.78, 5) is 2.49. The van der Waals surface area contributed by atoms with Gasteiger partial charge in [0.1, 0.15) is 11.3 Å². The van der Waals surface area contributed by atoms with Crippen LogP contribution in [-0.4, -0.2) is 37.7 Å². The number of nitrogens with zero attached hydrogens (tertiary/aromatic N) is 1. The average molecular weight is 274 g/mol. The predicted molar refractivity (Wildman–Crippen MR) is 80.1 cm³/mol. The lowest BCUT2D eigenvalue weighted by Crippen LogP contribution is -2.40. The second kappa shape index (κ2) is 5.85. The third-order valence-corrected chi connectivity index (χ3v) is 4.19. The first-order valence-corrected chi connectivity index (χ1v) is 7.28. The molecule has 0 amide bonds. The summed E-state index contributed by atoms with van der Waals surface area (Å²) < 4.78 is 10.8. The third-order valence-electron chi connectivity index (χ3n) is 4.19. The van der Waals surface area contributed by atoms with Crippen LogP contribution in [0.25, 0.3) is 11.0 Å². The molecule has 1 saturated heterocycles. The Bertz CT molecular complexity index is 571. The molecule has 20 heavy (non-hydrogen) atoms. The number of ether oxygens (including phenoxy) is 1. The summed E-state index contributed by atoms with van der Waals surface area (Å²) in [6, 6.07) is 6.41. The predicted octanol–water partition coefficient (Wildman–Crippen LogP) is 2.41. The van der Waals surface area contributed by atoms with Gasteiger partial charge in [-0.05, 0) is 50.0 Å². The Morgan fingerprint density at radius 1 is 1.35 bits per heavy atom. The lowest BCUT2D eigenvalue weighted by molar-refractivity contribution is 0.215. The zero-order chi connectivity index (χ0) is 13.9. The molecular formula is C16H22N2O2. The second-order valence-corrected chi connectivity index (χ2v) is 5.55. The van der Waals surface area contributed by atoms with Gasteiger partial charge in [-0.2, -0.15) is 0 Å². The standard InChI is InChI=1S/C16H22N2O2/c1-19-14-2-3-15-12(11-20-16(15)10-14)4-7-18-8-5-13(17)6-9-18/h2-3,10-11,13H,4-9,17H2,1H3. The number of hydrogen-bond donors (Lipinski definition) is 1. The number of fused-ring (bicyclic) bond motifs is 1. The van der Waals surface area contributed by atoms with Crippen molar-refractivity contribution in [3.8, 4) is 5.75 Å². The maximum absolute atomic E-state index is 5.94. The summed E-state index contributed by atoms with van der Waals surface area (Å²) in [5, 5.41) is 1.19. The molecule has 0 saturated carbocycles. The first-order chi connectivity index (χ1) is 9.76. The van der Waals surface area contributed by atoms with E-state index in [4.69, 9.17) is 14.9 Å². The van der Waals surface area contributed by atoms with Crippen LogP contribution in [-0.2, 0) is 6.42 Å². The molecule has 108 valence electrons. The molecule has 0 radical (unpaired) electrons. The fourth-order valence-corrected chi connectivity index (χ4v) is 2.84. The van der Waals surface area contributed by atoms with Crippen molar-refractivity contribution in [1.82, 2.24) is 4.90 Å². The van der Waals surface area contributed by atoms with Crippen molar-refractivity contribution in [3.05, 3.63) is 30.0 Å². The number of methoxy groups -OCH3 is 1. The molecule has 0 unspecified atom stereocenters. The van der Waals surface area contributed by atoms with Gasteiger partial charge >= 0.3 is 0 Å². The van der Waals surface area contributed by atoms with Crippen molar-refractivity contribution in [2.75, 3.05) is 26.7 Å². The molecule has 2 heterocycles. The summed E-state index contributed by atoms with van der Waals surface area (Å²) in [5.74, 6) is 0.836. The van der Waals surface area contributed by atoms with E-state index >= 15 is 0 Å². The van der Waals surface area contributed by atoms with Gasteiger partial charge in [0, 0.05) is 24.0 Å². The van der Waals surface area contributed by atoms with E-state index in [0.717, 1.165) is 50.2 Å². The van der Waals surface area contributed by atoms with Gasteiger partial charge < -0.3 is 19.8 Å². The highest BCUT2D eigenvalue weighted by atomic mass is 16.5. The largest absolute Gasteiger partial charge is 0.497 e. The first kappa shape index (κ1) is 13.5. The maximum atomic E-state index is 5.94. The fraction of sp³-hybridized carbons (Fsp3) is 0.500. The minimum absolute atomic E-state index is 0.397. The van der Waals surface area contributed by atoms with E-state index < -0.39 is 0 Å². The molecule has 0 aliphatic carbocycles. The van der Waals surface area contributed by atoms with Crippen molar-refractivity contribution in [2.24, 2.45) is 5.73 Å². The minimum atomic E-state index is 0.397. The van der Waals surface area contributed by atoms with Gasteiger partial charge in [0.2, 0.25) is 0 Å². The first-order valence-electron chi connectivity index (χ1n) is 7.28. The molecule has 0 bridgehead atoms.